The lowest BCUT2D eigenvalue weighted by molar-refractivity contribution is -0.147. The van der Waals surface area contributed by atoms with Crippen LogP contribution >= 0.6 is 23.2 Å². The zero-order valence-electron chi connectivity index (χ0n) is 14.3. The van der Waals surface area contributed by atoms with Crippen LogP contribution in [0.3, 0.4) is 0 Å². The van der Waals surface area contributed by atoms with E-state index in [0.717, 1.165) is 18.4 Å². The summed E-state index contributed by atoms with van der Waals surface area (Å²) in [5, 5.41) is 0.764. The molecule has 2 atom stereocenters. The Morgan fingerprint density at radius 2 is 1.91 bits per heavy atom. The normalized spacial score (nSPS) is 13.7. The number of hydrogen-bond acceptors (Lipinski definition) is 3. The first kappa shape index (κ1) is 20.1. The minimum absolute atomic E-state index is 0.106. The minimum atomic E-state index is -0.374. The van der Waals surface area contributed by atoms with E-state index in [1.165, 1.54) is 0 Å². The number of halogens is 2. The Hall–Kier alpha value is -0.930. The van der Waals surface area contributed by atoms with Crippen molar-refractivity contribution in [3.63, 3.8) is 0 Å². The van der Waals surface area contributed by atoms with Gasteiger partial charge in [0.2, 0.25) is 0 Å². The largest absolute Gasteiger partial charge is 0.482 e. The van der Waals surface area contributed by atoms with Crippen LogP contribution in [-0.4, -0.2) is 24.6 Å². The first-order valence-corrected chi connectivity index (χ1v) is 8.78. The summed E-state index contributed by atoms with van der Waals surface area (Å²) in [6.07, 6.45) is 1.81. The van der Waals surface area contributed by atoms with Gasteiger partial charge in [0.05, 0.1) is 6.61 Å². The Kier molecular flexibility index (Phi) is 8.78. The smallest absolute Gasteiger partial charge is 0.344 e. The number of aryl methyl sites for hydroxylation is 1. The summed E-state index contributed by atoms with van der Waals surface area (Å²) in [6.45, 7) is 8.47. The lowest BCUT2D eigenvalue weighted by Gasteiger charge is -2.17. The van der Waals surface area contributed by atoms with E-state index in [-0.39, 0.29) is 23.9 Å². The number of alkyl halides is 1. The number of carbonyl (C=O) groups excluding carboxylic acids is 1. The molecule has 5 heteroatoms. The van der Waals surface area contributed by atoms with Gasteiger partial charge in [0.25, 0.3) is 0 Å². The van der Waals surface area contributed by atoms with Crippen molar-refractivity contribution in [3.05, 3.63) is 28.8 Å². The van der Waals surface area contributed by atoms with Crippen LogP contribution in [0.4, 0.5) is 0 Å². The van der Waals surface area contributed by atoms with Crippen molar-refractivity contribution in [2.24, 2.45) is 11.8 Å². The molecule has 2 unspecified atom stereocenters. The third-order valence-electron chi connectivity index (χ3n) is 3.40. The molecule has 0 amide bonds. The highest BCUT2D eigenvalue weighted by Gasteiger charge is 2.14. The van der Waals surface area contributed by atoms with Crippen molar-refractivity contribution in [1.29, 1.82) is 0 Å². The summed E-state index contributed by atoms with van der Waals surface area (Å²) in [4.78, 5) is 11.8. The standard InChI is InChI=1S/C18H26Cl2O3/c1-12(2)7-16(20)8-13(3)10-23-18(21)11-22-17-6-5-15(19)9-14(17)4/h5-6,9,12-13,16H,7-8,10-11H2,1-4H3. The molecule has 0 radical (unpaired) electrons. The maximum atomic E-state index is 11.8. The number of carbonyl (C=O) groups is 1. The van der Waals surface area contributed by atoms with E-state index in [2.05, 4.69) is 13.8 Å². The molecule has 3 nitrogen and oxygen atoms in total. The molecule has 130 valence electrons. The summed E-state index contributed by atoms with van der Waals surface area (Å²) < 4.78 is 10.7. The molecule has 0 heterocycles. The number of esters is 1. The van der Waals surface area contributed by atoms with E-state index in [0.29, 0.717) is 23.3 Å². The van der Waals surface area contributed by atoms with Crippen molar-refractivity contribution in [2.75, 3.05) is 13.2 Å². The van der Waals surface area contributed by atoms with Gasteiger partial charge in [0, 0.05) is 10.4 Å². The van der Waals surface area contributed by atoms with Gasteiger partial charge in [-0.05, 0) is 55.4 Å². The fraction of sp³-hybridized carbons (Fsp3) is 0.611. The molecule has 0 saturated carbocycles. The Labute approximate surface area is 149 Å². The topological polar surface area (TPSA) is 35.5 Å². The molecule has 0 saturated heterocycles. The van der Waals surface area contributed by atoms with E-state index >= 15 is 0 Å². The van der Waals surface area contributed by atoms with Gasteiger partial charge >= 0.3 is 5.97 Å². The van der Waals surface area contributed by atoms with Crippen molar-refractivity contribution < 1.29 is 14.3 Å². The van der Waals surface area contributed by atoms with Crippen molar-refractivity contribution in [1.82, 2.24) is 0 Å². The summed E-state index contributed by atoms with van der Waals surface area (Å²) in [5.41, 5.74) is 0.886. The Bertz CT molecular complexity index is 503. The lowest BCUT2D eigenvalue weighted by Crippen LogP contribution is -2.20. The fourth-order valence-corrected chi connectivity index (χ4v) is 3.19. The van der Waals surface area contributed by atoms with Crippen LogP contribution in [0.5, 0.6) is 5.75 Å². The lowest BCUT2D eigenvalue weighted by atomic mass is 10.00. The maximum absolute atomic E-state index is 11.8. The zero-order valence-corrected chi connectivity index (χ0v) is 15.8. The molecule has 0 aliphatic heterocycles. The Balaban J connectivity index is 2.28. The second-order valence-electron chi connectivity index (χ2n) is 6.45. The fourth-order valence-electron chi connectivity index (χ4n) is 2.30. The summed E-state index contributed by atoms with van der Waals surface area (Å²) in [7, 11) is 0. The van der Waals surface area contributed by atoms with Crippen LogP contribution in [0.15, 0.2) is 18.2 Å². The van der Waals surface area contributed by atoms with Gasteiger partial charge in [-0.3, -0.25) is 0 Å². The van der Waals surface area contributed by atoms with Gasteiger partial charge in [-0.25, -0.2) is 4.79 Å². The molecule has 23 heavy (non-hydrogen) atoms. The van der Waals surface area contributed by atoms with E-state index in [9.17, 15) is 4.79 Å². The molecule has 1 aromatic carbocycles. The molecule has 0 spiro atoms. The zero-order chi connectivity index (χ0) is 17.4. The molecule has 0 bridgehead atoms. The average Bonchev–Trinajstić information content (AvgIpc) is 2.43. The average molecular weight is 361 g/mol. The van der Waals surface area contributed by atoms with Crippen molar-refractivity contribution >= 4 is 29.2 Å². The highest BCUT2D eigenvalue weighted by molar-refractivity contribution is 6.30. The Morgan fingerprint density at radius 3 is 2.52 bits per heavy atom. The second-order valence-corrected chi connectivity index (χ2v) is 7.50. The summed E-state index contributed by atoms with van der Waals surface area (Å²) in [5.74, 6) is 1.07. The summed E-state index contributed by atoms with van der Waals surface area (Å²) >= 11 is 12.2. The minimum Gasteiger partial charge on any atom is -0.482 e. The predicted molar refractivity (Wildman–Crippen MR) is 95.5 cm³/mol. The van der Waals surface area contributed by atoms with E-state index in [4.69, 9.17) is 32.7 Å². The van der Waals surface area contributed by atoms with Gasteiger partial charge in [0.1, 0.15) is 5.75 Å². The molecular weight excluding hydrogens is 335 g/mol. The van der Waals surface area contributed by atoms with Gasteiger partial charge < -0.3 is 9.47 Å². The van der Waals surface area contributed by atoms with Gasteiger partial charge in [-0.1, -0.05) is 32.4 Å². The van der Waals surface area contributed by atoms with Crippen LogP contribution in [0.25, 0.3) is 0 Å². The third kappa shape index (κ3) is 8.47. The van der Waals surface area contributed by atoms with E-state index < -0.39 is 0 Å². The van der Waals surface area contributed by atoms with Crippen molar-refractivity contribution in [2.45, 2.75) is 45.9 Å². The highest BCUT2D eigenvalue weighted by atomic mass is 35.5. The van der Waals surface area contributed by atoms with E-state index in [1.54, 1.807) is 18.2 Å². The first-order valence-electron chi connectivity index (χ1n) is 7.96. The molecule has 1 rings (SSSR count). The molecule has 0 N–H and O–H groups in total. The predicted octanol–water partition coefficient (Wildman–Crippen LogP) is 5.25. The van der Waals surface area contributed by atoms with Crippen molar-refractivity contribution in [3.8, 4) is 5.75 Å². The number of ether oxygens (including phenoxy) is 2. The maximum Gasteiger partial charge on any atom is 0.344 e. The van der Waals surface area contributed by atoms with Gasteiger partial charge in [0.15, 0.2) is 6.61 Å². The van der Waals surface area contributed by atoms with Gasteiger partial charge in [-0.15, -0.1) is 11.6 Å². The Morgan fingerprint density at radius 1 is 1.22 bits per heavy atom. The number of rotatable bonds is 9. The molecule has 0 aliphatic rings. The van der Waals surface area contributed by atoms with Crippen LogP contribution < -0.4 is 4.74 Å². The second kappa shape index (κ2) is 10.0. The highest BCUT2D eigenvalue weighted by Crippen LogP contribution is 2.22. The number of hydrogen-bond donors (Lipinski definition) is 0. The molecule has 0 aliphatic carbocycles. The first-order chi connectivity index (χ1) is 10.8. The molecule has 0 aromatic heterocycles. The van der Waals surface area contributed by atoms with Crippen LogP contribution in [0.1, 0.15) is 39.2 Å². The van der Waals surface area contributed by atoms with Crippen LogP contribution in [0.2, 0.25) is 5.02 Å². The molecular formula is C18H26Cl2O3. The monoisotopic (exact) mass is 360 g/mol. The SMILES string of the molecule is Cc1cc(Cl)ccc1OCC(=O)OCC(C)CC(Cl)CC(C)C. The van der Waals surface area contributed by atoms with Crippen LogP contribution in [-0.2, 0) is 9.53 Å². The van der Waals surface area contributed by atoms with E-state index in [1.807, 2.05) is 13.8 Å². The molecule has 0 fully saturated rings. The quantitative estimate of drug-likeness (QED) is 0.445. The summed E-state index contributed by atoms with van der Waals surface area (Å²) in [6, 6.07) is 5.27. The van der Waals surface area contributed by atoms with Crippen LogP contribution in [0, 0.1) is 18.8 Å². The molecule has 1 aromatic rings. The third-order valence-corrected chi connectivity index (χ3v) is 3.99. The number of benzene rings is 1. The van der Waals surface area contributed by atoms with Gasteiger partial charge in [-0.2, -0.15) is 0 Å².